The van der Waals surface area contributed by atoms with E-state index in [0.29, 0.717) is 11.3 Å². The van der Waals surface area contributed by atoms with Gasteiger partial charge in [-0.2, -0.15) is 0 Å². The summed E-state index contributed by atoms with van der Waals surface area (Å²) in [6, 6.07) is 22.1. The van der Waals surface area contributed by atoms with E-state index in [2.05, 4.69) is 17.6 Å². The molecule has 5 heteroatoms. The van der Waals surface area contributed by atoms with Gasteiger partial charge in [0.25, 0.3) is 11.8 Å². The number of anilines is 2. The SMILES string of the molecule is CCc1ccc(NC(=O)[C@H](C)Oc2ccc(C(=O)Nc3ccccc3C)cc2)cc1. The number of hydrogen-bond donors (Lipinski definition) is 2. The predicted molar refractivity (Wildman–Crippen MR) is 120 cm³/mol. The highest BCUT2D eigenvalue weighted by Gasteiger charge is 2.15. The van der Waals surface area contributed by atoms with Gasteiger partial charge in [0, 0.05) is 16.9 Å². The van der Waals surface area contributed by atoms with E-state index in [1.807, 2.05) is 55.5 Å². The van der Waals surface area contributed by atoms with Crippen molar-refractivity contribution in [2.45, 2.75) is 33.3 Å². The molecule has 3 rings (SSSR count). The molecule has 0 aliphatic carbocycles. The molecule has 30 heavy (non-hydrogen) atoms. The third-order valence-electron chi connectivity index (χ3n) is 4.82. The monoisotopic (exact) mass is 402 g/mol. The Kier molecular flexibility index (Phi) is 6.86. The third kappa shape index (κ3) is 5.47. The number of carbonyl (C=O) groups excluding carboxylic acids is 2. The molecule has 0 aliphatic rings. The molecule has 3 aromatic carbocycles. The highest BCUT2D eigenvalue weighted by Crippen LogP contribution is 2.18. The number of aryl methyl sites for hydroxylation is 2. The zero-order valence-corrected chi connectivity index (χ0v) is 17.4. The Morgan fingerprint density at radius 1 is 0.900 bits per heavy atom. The van der Waals surface area contributed by atoms with E-state index in [9.17, 15) is 9.59 Å². The molecule has 2 N–H and O–H groups in total. The fourth-order valence-corrected chi connectivity index (χ4v) is 2.92. The Morgan fingerprint density at radius 2 is 1.57 bits per heavy atom. The number of para-hydroxylation sites is 1. The van der Waals surface area contributed by atoms with E-state index in [-0.39, 0.29) is 11.8 Å². The van der Waals surface area contributed by atoms with Crippen LogP contribution in [0.15, 0.2) is 72.8 Å². The van der Waals surface area contributed by atoms with Crippen LogP contribution >= 0.6 is 0 Å². The van der Waals surface area contributed by atoms with Crippen LogP contribution < -0.4 is 15.4 Å². The van der Waals surface area contributed by atoms with Gasteiger partial charge in [-0.05, 0) is 73.9 Å². The average Bonchev–Trinajstić information content (AvgIpc) is 2.76. The average molecular weight is 402 g/mol. The summed E-state index contributed by atoms with van der Waals surface area (Å²) in [4.78, 5) is 24.8. The number of benzene rings is 3. The van der Waals surface area contributed by atoms with Crippen LogP contribution in [0.4, 0.5) is 11.4 Å². The van der Waals surface area contributed by atoms with Crippen molar-refractivity contribution in [2.75, 3.05) is 10.6 Å². The number of hydrogen-bond acceptors (Lipinski definition) is 3. The predicted octanol–water partition coefficient (Wildman–Crippen LogP) is 5.22. The maximum atomic E-state index is 12.4. The zero-order valence-electron chi connectivity index (χ0n) is 17.4. The summed E-state index contributed by atoms with van der Waals surface area (Å²) < 4.78 is 5.72. The summed E-state index contributed by atoms with van der Waals surface area (Å²) in [5, 5.41) is 5.74. The van der Waals surface area contributed by atoms with Crippen LogP contribution in [-0.2, 0) is 11.2 Å². The van der Waals surface area contributed by atoms with Gasteiger partial charge in [0.2, 0.25) is 0 Å². The van der Waals surface area contributed by atoms with Gasteiger partial charge >= 0.3 is 0 Å². The van der Waals surface area contributed by atoms with Crippen molar-refractivity contribution in [2.24, 2.45) is 0 Å². The lowest BCUT2D eigenvalue weighted by molar-refractivity contribution is -0.122. The van der Waals surface area contributed by atoms with Gasteiger partial charge in [-0.1, -0.05) is 37.3 Å². The van der Waals surface area contributed by atoms with Crippen LogP contribution in [0.5, 0.6) is 5.75 Å². The first-order chi connectivity index (χ1) is 14.5. The molecule has 154 valence electrons. The van der Waals surface area contributed by atoms with E-state index in [1.54, 1.807) is 31.2 Å². The quantitative estimate of drug-likeness (QED) is 0.570. The lowest BCUT2D eigenvalue weighted by Crippen LogP contribution is -2.30. The molecule has 5 nitrogen and oxygen atoms in total. The normalized spacial score (nSPS) is 11.4. The fourth-order valence-electron chi connectivity index (χ4n) is 2.92. The highest BCUT2D eigenvalue weighted by molar-refractivity contribution is 6.04. The van der Waals surface area contributed by atoms with Crippen LogP contribution in [0.25, 0.3) is 0 Å². The van der Waals surface area contributed by atoms with Crippen molar-refractivity contribution >= 4 is 23.2 Å². The van der Waals surface area contributed by atoms with E-state index >= 15 is 0 Å². The lowest BCUT2D eigenvalue weighted by Gasteiger charge is -2.15. The highest BCUT2D eigenvalue weighted by atomic mass is 16.5. The first kappa shape index (κ1) is 21.1. The van der Waals surface area contributed by atoms with E-state index < -0.39 is 6.10 Å². The fraction of sp³-hybridized carbons (Fsp3) is 0.200. The Balaban J connectivity index is 1.56. The van der Waals surface area contributed by atoms with Crippen LogP contribution in [0.3, 0.4) is 0 Å². The smallest absolute Gasteiger partial charge is 0.265 e. The maximum Gasteiger partial charge on any atom is 0.265 e. The van der Waals surface area contributed by atoms with E-state index in [4.69, 9.17) is 4.74 Å². The van der Waals surface area contributed by atoms with Gasteiger partial charge in [0.05, 0.1) is 0 Å². The summed E-state index contributed by atoms with van der Waals surface area (Å²) in [5.74, 6) is 0.0872. The van der Waals surface area contributed by atoms with Gasteiger partial charge in [-0.3, -0.25) is 9.59 Å². The van der Waals surface area contributed by atoms with Crippen molar-refractivity contribution in [3.8, 4) is 5.75 Å². The van der Waals surface area contributed by atoms with Crippen LogP contribution in [0, 0.1) is 6.92 Å². The Bertz CT molecular complexity index is 1010. The molecule has 3 aromatic rings. The number of rotatable bonds is 7. The molecule has 0 saturated carbocycles. The number of nitrogens with one attached hydrogen (secondary N) is 2. The molecule has 0 spiro atoms. The lowest BCUT2D eigenvalue weighted by atomic mass is 10.1. The third-order valence-corrected chi connectivity index (χ3v) is 4.82. The second-order valence-corrected chi connectivity index (χ2v) is 7.09. The van der Waals surface area contributed by atoms with Crippen molar-refractivity contribution in [1.82, 2.24) is 0 Å². The molecule has 1 atom stereocenters. The Morgan fingerprint density at radius 3 is 2.20 bits per heavy atom. The number of carbonyl (C=O) groups is 2. The van der Waals surface area contributed by atoms with Crippen molar-refractivity contribution < 1.29 is 14.3 Å². The molecule has 0 heterocycles. The summed E-state index contributed by atoms with van der Waals surface area (Å²) in [6.45, 7) is 5.72. The molecule has 0 aliphatic heterocycles. The van der Waals surface area contributed by atoms with Crippen molar-refractivity contribution in [1.29, 1.82) is 0 Å². The van der Waals surface area contributed by atoms with Gasteiger partial charge < -0.3 is 15.4 Å². The van der Waals surface area contributed by atoms with Crippen LogP contribution in [0.1, 0.15) is 35.3 Å². The molecule has 0 unspecified atom stereocenters. The van der Waals surface area contributed by atoms with Crippen LogP contribution in [0.2, 0.25) is 0 Å². The van der Waals surface area contributed by atoms with Crippen molar-refractivity contribution in [3.05, 3.63) is 89.5 Å². The first-order valence-electron chi connectivity index (χ1n) is 9.99. The topological polar surface area (TPSA) is 67.4 Å². The molecule has 0 saturated heterocycles. The second kappa shape index (κ2) is 9.74. The van der Waals surface area contributed by atoms with Gasteiger partial charge in [-0.25, -0.2) is 0 Å². The second-order valence-electron chi connectivity index (χ2n) is 7.09. The van der Waals surface area contributed by atoms with Gasteiger partial charge in [0.1, 0.15) is 5.75 Å². The Labute approximate surface area is 177 Å². The standard InChI is InChI=1S/C25H26N2O3/c1-4-19-9-13-21(14-10-19)26-24(28)18(3)30-22-15-11-20(12-16-22)25(29)27-23-8-6-5-7-17(23)2/h5-16,18H,4H2,1-3H3,(H,26,28)(H,27,29)/t18-/m0/s1. The molecular weight excluding hydrogens is 376 g/mol. The minimum absolute atomic E-state index is 0.197. The minimum Gasteiger partial charge on any atom is -0.481 e. The van der Waals surface area contributed by atoms with Gasteiger partial charge in [0.15, 0.2) is 6.10 Å². The molecule has 0 bridgehead atoms. The number of ether oxygens (including phenoxy) is 1. The van der Waals surface area contributed by atoms with E-state index in [1.165, 1.54) is 5.56 Å². The molecule has 0 fully saturated rings. The van der Waals surface area contributed by atoms with Gasteiger partial charge in [-0.15, -0.1) is 0 Å². The molecule has 0 aromatic heterocycles. The number of amides is 2. The van der Waals surface area contributed by atoms with E-state index in [0.717, 1.165) is 23.4 Å². The maximum absolute atomic E-state index is 12.4. The molecular formula is C25H26N2O3. The molecule has 0 radical (unpaired) electrons. The largest absolute Gasteiger partial charge is 0.481 e. The Hall–Kier alpha value is -3.60. The summed E-state index contributed by atoms with van der Waals surface area (Å²) in [6.07, 6.45) is 0.273. The summed E-state index contributed by atoms with van der Waals surface area (Å²) in [7, 11) is 0. The summed E-state index contributed by atoms with van der Waals surface area (Å²) >= 11 is 0. The minimum atomic E-state index is -0.678. The van der Waals surface area contributed by atoms with Crippen LogP contribution in [-0.4, -0.2) is 17.9 Å². The molecule has 2 amide bonds. The first-order valence-corrected chi connectivity index (χ1v) is 9.99. The zero-order chi connectivity index (χ0) is 21.5. The summed E-state index contributed by atoms with van der Waals surface area (Å²) in [5.41, 5.74) is 4.23. The van der Waals surface area contributed by atoms with Crippen molar-refractivity contribution in [3.63, 3.8) is 0 Å².